The number of aromatic nitrogens is 3. The van der Waals surface area contributed by atoms with Gasteiger partial charge in [0.2, 0.25) is 5.91 Å². The van der Waals surface area contributed by atoms with Gasteiger partial charge >= 0.3 is 5.69 Å². The van der Waals surface area contributed by atoms with E-state index >= 15 is 4.39 Å². The third-order valence-electron chi connectivity index (χ3n) is 8.61. The zero-order valence-electron chi connectivity index (χ0n) is 26.3. The Balaban J connectivity index is 1.40. The van der Waals surface area contributed by atoms with Gasteiger partial charge in [0.15, 0.2) is 5.82 Å². The normalized spacial score (nSPS) is 18.2. The monoisotopic (exact) mass is 648 g/mol. The predicted molar refractivity (Wildman–Crippen MR) is 182 cm³/mol. The summed E-state index contributed by atoms with van der Waals surface area (Å²) in [6.45, 7) is 4.47. The summed E-state index contributed by atoms with van der Waals surface area (Å²) in [6.07, 6.45) is 7.76. The molecule has 4 aromatic rings. The SMILES string of the molecule is CC(N)=NCC[C@@H]1CCC[C@@H](c2ccc(-n3cc4cc(-c5cc(CCC[C@H](C)N)cc(Cl)c5F)[nH]c4nc3=O)cc2)N1CC(N)=O. The minimum Gasteiger partial charge on any atom is -0.388 e. The second-order valence-electron chi connectivity index (χ2n) is 12.3. The van der Waals surface area contributed by atoms with Crippen molar-refractivity contribution in [3.05, 3.63) is 81.1 Å². The van der Waals surface area contributed by atoms with Crippen LogP contribution in [0, 0.1) is 5.82 Å². The lowest BCUT2D eigenvalue weighted by Crippen LogP contribution is -2.46. The smallest absolute Gasteiger partial charge is 0.354 e. The van der Waals surface area contributed by atoms with Crippen molar-refractivity contribution in [1.82, 2.24) is 19.4 Å². The minimum atomic E-state index is -0.535. The second kappa shape index (κ2) is 14.6. The van der Waals surface area contributed by atoms with Gasteiger partial charge in [-0.05, 0) is 100 Å². The summed E-state index contributed by atoms with van der Waals surface area (Å²) in [4.78, 5) is 39.0. The molecule has 46 heavy (non-hydrogen) atoms. The van der Waals surface area contributed by atoms with Gasteiger partial charge in [0.05, 0.1) is 28.8 Å². The number of hydrogen-bond acceptors (Lipinski definition) is 6. The van der Waals surface area contributed by atoms with Gasteiger partial charge in [-0.15, -0.1) is 0 Å². The lowest BCUT2D eigenvalue weighted by atomic mass is 9.89. The standard InChI is InChI=1S/C34H42ClFN8O2/c1-20(37)5-3-6-22-15-27(32(36)28(35)16-22)29-17-24-18-44(34(46)42-33(24)41-29)26-11-9-23(10-12-26)30-8-4-7-25(13-14-40-21(2)38)43(30)19-31(39)45/h9-12,15-18,20,25,30H,3-8,13-14,19,37H2,1-2H3,(H2,38,40)(H2,39,45)(H,41,42,46)/t20-,25-,30-/m0/s1. The number of amidine groups is 1. The van der Waals surface area contributed by atoms with E-state index in [1.54, 1.807) is 31.3 Å². The van der Waals surface area contributed by atoms with Crippen molar-refractivity contribution in [2.75, 3.05) is 13.1 Å². The van der Waals surface area contributed by atoms with Gasteiger partial charge in [-0.1, -0.05) is 23.7 Å². The molecule has 1 aliphatic heterocycles. The first kappa shape index (κ1) is 33.3. The Hall–Kier alpha value is -4.06. The Kier molecular flexibility index (Phi) is 10.6. The fraction of sp³-hybridized carbons (Fsp3) is 0.412. The van der Waals surface area contributed by atoms with Crippen LogP contribution >= 0.6 is 11.6 Å². The Morgan fingerprint density at radius 2 is 1.96 bits per heavy atom. The summed E-state index contributed by atoms with van der Waals surface area (Å²) >= 11 is 6.26. The third-order valence-corrected chi connectivity index (χ3v) is 8.89. The molecule has 1 aliphatic rings. The van der Waals surface area contributed by atoms with E-state index in [0.717, 1.165) is 56.1 Å². The Morgan fingerprint density at radius 1 is 1.20 bits per heavy atom. The number of aliphatic imine (C=N–C) groups is 1. The van der Waals surface area contributed by atoms with Crippen LogP contribution in [0.4, 0.5) is 4.39 Å². The van der Waals surface area contributed by atoms with Crippen molar-refractivity contribution in [1.29, 1.82) is 0 Å². The number of nitrogens with two attached hydrogens (primary N) is 3. The van der Waals surface area contributed by atoms with Crippen molar-refractivity contribution in [2.45, 2.75) is 76.9 Å². The number of amides is 1. The van der Waals surface area contributed by atoms with E-state index in [1.165, 1.54) is 4.57 Å². The predicted octanol–water partition coefficient (Wildman–Crippen LogP) is 4.99. The highest BCUT2D eigenvalue weighted by Gasteiger charge is 2.32. The summed E-state index contributed by atoms with van der Waals surface area (Å²) in [6, 6.07) is 13.1. The number of benzene rings is 2. The molecule has 0 bridgehead atoms. The van der Waals surface area contributed by atoms with Crippen LogP contribution in [0.3, 0.4) is 0 Å². The average molecular weight is 649 g/mol. The van der Waals surface area contributed by atoms with Crippen LogP contribution in [-0.2, 0) is 11.2 Å². The first-order valence-corrected chi connectivity index (χ1v) is 16.1. The Bertz CT molecular complexity index is 1780. The molecular formula is C34H42ClFN8O2. The zero-order valence-corrected chi connectivity index (χ0v) is 27.1. The number of aryl methyl sites for hydroxylation is 1. The molecule has 7 N–H and O–H groups in total. The molecule has 244 valence electrons. The maximum absolute atomic E-state index is 15.2. The number of H-pyrrole nitrogens is 1. The van der Waals surface area contributed by atoms with Gasteiger partial charge in [-0.3, -0.25) is 19.3 Å². The molecule has 1 saturated heterocycles. The molecule has 0 saturated carbocycles. The molecular weight excluding hydrogens is 607 g/mol. The molecule has 1 amide bonds. The van der Waals surface area contributed by atoms with Gasteiger partial charge < -0.3 is 22.2 Å². The highest BCUT2D eigenvalue weighted by molar-refractivity contribution is 6.31. The van der Waals surface area contributed by atoms with E-state index < -0.39 is 11.5 Å². The van der Waals surface area contributed by atoms with Gasteiger partial charge in [0, 0.05) is 41.8 Å². The van der Waals surface area contributed by atoms with Crippen LogP contribution < -0.4 is 22.9 Å². The Labute approximate surface area is 272 Å². The molecule has 1 fully saturated rings. The summed E-state index contributed by atoms with van der Waals surface area (Å²) in [7, 11) is 0. The topological polar surface area (TPSA) is 161 Å². The first-order chi connectivity index (χ1) is 22.0. The Morgan fingerprint density at radius 3 is 2.65 bits per heavy atom. The maximum Gasteiger partial charge on any atom is 0.354 e. The van der Waals surface area contributed by atoms with Crippen molar-refractivity contribution in [3.8, 4) is 16.9 Å². The number of nitrogens with zero attached hydrogens (tertiary/aromatic N) is 4. The second-order valence-corrected chi connectivity index (χ2v) is 12.7. The van der Waals surface area contributed by atoms with E-state index in [4.69, 9.17) is 28.8 Å². The number of rotatable bonds is 12. The van der Waals surface area contributed by atoms with Crippen molar-refractivity contribution in [2.24, 2.45) is 22.2 Å². The average Bonchev–Trinajstić information content (AvgIpc) is 3.41. The first-order valence-electron chi connectivity index (χ1n) is 15.8. The number of primary amides is 1. The number of carbonyl (C=O) groups excluding carboxylic acids is 1. The summed E-state index contributed by atoms with van der Waals surface area (Å²) in [5.74, 6) is -0.371. The lowest BCUT2D eigenvalue weighted by molar-refractivity contribution is -0.121. The molecule has 0 radical (unpaired) electrons. The molecule has 0 unspecified atom stereocenters. The molecule has 2 aromatic carbocycles. The third kappa shape index (κ3) is 7.83. The molecule has 2 aromatic heterocycles. The lowest BCUT2D eigenvalue weighted by Gasteiger charge is -2.42. The van der Waals surface area contributed by atoms with Crippen LogP contribution in [0.1, 0.15) is 69.5 Å². The van der Waals surface area contributed by atoms with E-state index in [0.29, 0.717) is 40.4 Å². The number of nitrogens with one attached hydrogen (secondary N) is 1. The minimum absolute atomic E-state index is 0.00371. The van der Waals surface area contributed by atoms with Crippen molar-refractivity contribution in [3.63, 3.8) is 0 Å². The van der Waals surface area contributed by atoms with Gasteiger partial charge in [-0.2, -0.15) is 4.98 Å². The van der Waals surface area contributed by atoms with Crippen LogP contribution in [0.5, 0.6) is 0 Å². The van der Waals surface area contributed by atoms with Crippen LogP contribution in [0.2, 0.25) is 5.02 Å². The summed E-state index contributed by atoms with van der Waals surface area (Å²) in [5.41, 5.74) is 20.5. The van der Waals surface area contributed by atoms with Crippen LogP contribution in [0.25, 0.3) is 28.0 Å². The molecule has 10 nitrogen and oxygen atoms in total. The molecule has 0 aliphatic carbocycles. The number of fused-ring (bicyclic) bond motifs is 1. The highest BCUT2D eigenvalue weighted by atomic mass is 35.5. The number of carbonyl (C=O) groups is 1. The van der Waals surface area contributed by atoms with E-state index in [2.05, 4.69) is 19.9 Å². The number of hydrogen-bond donors (Lipinski definition) is 4. The fourth-order valence-corrected chi connectivity index (χ4v) is 6.65. The van der Waals surface area contributed by atoms with E-state index in [-0.39, 0.29) is 35.6 Å². The van der Waals surface area contributed by atoms with E-state index in [1.807, 2.05) is 31.2 Å². The number of aromatic amines is 1. The van der Waals surface area contributed by atoms with Crippen molar-refractivity contribution < 1.29 is 9.18 Å². The number of likely N-dealkylation sites (tertiary alicyclic amines) is 1. The quantitative estimate of drug-likeness (QED) is 0.125. The van der Waals surface area contributed by atoms with Gasteiger partial charge in [0.1, 0.15) is 5.65 Å². The number of piperidine rings is 1. The highest BCUT2D eigenvalue weighted by Crippen LogP contribution is 2.36. The van der Waals surface area contributed by atoms with Gasteiger partial charge in [-0.25, -0.2) is 9.18 Å². The largest absolute Gasteiger partial charge is 0.388 e. The molecule has 5 rings (SSSR count). The van der Waals surface area contributed by atoms with Crippen LogP contribution in [-0.4, -0.2) is 56.4 Å². The number of halogens is 2. The van der Waals surface area contributed by atoms with Gasteiger partial charge in [0.25, 0.3) is 0 Å². The molecule has 3 heterocycles. The summed E-state index contributed by atoms with van der Waals surface area (Å²) < 4.78 is 16.6. The fourth-order valence-electron chi connectivity index (χ4n) is 6.41. The maximum atomic E-state index is 15.2. The van der Waals surface area contributed by atoms with Crippen molar-refractivity contribution >= 4 is 34.4 Å². The summed E-state index contributed by atoms with van der Waals surface area (Å²) in [5, 5.41) is 0.687. The van der Waals surface area contributed by atoms with E-state index in [9.17, 15) is 9.59 Å². The molecule has 0 spiro atoms. The zero-order chi connectivity index (χ0) is 33.0. The van der Waals surface area contributed by atoms with Crippen LogP contribution in [0.15, 0.2) is 58.4 Å². The molecule has 12 heteroatoms. The molecule has 3 atom stereocenters.